The number of aromatic hydroxyl groups is 1. The zero-order valence-corrected chi connectivity index (χ0v) is 9.81. The van der Waals surface area contributed by atoms with Crippen molar-refractivity contribution < 1.29 is 5.11 Å². The van der Waals surface area contributed by atoms with E-state index in [0.29, 0.717) is 5.75 Å². The minimum Gasteiger partial charge on any atom is -0.508 e. The number of hydrogen-bond acceptors (Lipinski definition) is 2. The number of halogens is 1. The molecule has 1 aromatic carbocycles. The van der Waals surface area contributed by atoms with Gasteiger partial charge in [-0.2, -0.15) is 0 Å². The lowest BCUT2D eigenvalue weighted by Gasteiger charge is -2.35. The second-order valence-electron chi connectivity index (χ2n) is 4.26. The number of hydrogen-bond donors (Lipinski definition) is 2. The van der Waals surface area contributed by atoms with E-state index in [1.165, 1.54) is 24.8 Å². The molecule has 0 aromatic heterocycles. The van der Waals surface area contributed by atoms with Gasteiger partial charge in [0.05, 0.1) is 0 Å². The van der Waals surface area contributed by atoms with Crippen molar-refractivity contribution in [2.24, 2.45) is 0 Å². The topological polar surface area (TPSA) is 32.3 Å². The molecule has 0 spiro atoms. The van der Waals surface area contributed by atoms with Crippen LogP contribution in [0.4, 0.5) is 0 Å². The standard InChI is InChI=1S/C12H17NO.ClH/c1-12(8-2-3-9-13-12)10-4-6-11(14)7-5-10;/h4-7,13-14H,2-3,8-9H2,1H3;1H. The molecule has 1 heterocycles. The fraction of sp³-hybridized carbons (Fsp3) is 0.500. The van der Waals surface area contributed by atoms with Gasteiger partial charge in [0.2, 0.25) is 0 Å². The molecule has 2 N–H and O–H groups in total. The van der Waals surface area contributed by atoms with Crippen LogP contribution in [0.2, 0.25) is 0 Å². The van der Waals surface area contributed by atoms with Crippen molar-refractivity contribution in [2.45, 2.75) is 31.7 Å². The SMILES string of the molecule is CC1(c2ccc(O)cc2)CCCCN1.Cl. The van der Waals surface area contributed by atoms with Gasteiger partial charge in [0.1, 0.15) is 5.75 Å². The van der Waals surface area contributed by atoms with Gasteiger partial charge < -0.3 is 10.4 Å². The van der Waals surface area contributed by atoms with Crippen molar-refractivity contribution in [3.63, 3.8) is 0 Å². The smallest absolute Gasteiger partial charge is 0.115 e. The number of rotatable bonds is 1. The summed E-state index contributed by atoms with van der Waals surface area (Å²) < 4.78 is 0. The van der Waals surface area contributed by atoms with Gasteiger partial charge in [-0.05, 0) is 44.0 Å². The third-order valence-electron chi connectivity index (χ3n) is 3.12. The fourth-order valence-corrected chi connectivity index (χ4v) is 2.13. The zero-order chi connectivity index (χ0) is 10.0. The molecule has 2 nitrogen and oxygen atoms in total. The maximum atomic E-state index is 9.22. The van der Waals surface area contributed by atoms with E-state index in [0.717, 1.165) is 6.54 Å². The predicted molar refractivity (Wildman–Crippen MR) is 64.6 cm³/mol. The van der Waals surface area contributed by atoms with Crippen LogP contribution in [0.5, 0.6) is 5.75 Å². The van der Waals surface area contributed by atoms with Crippen LogP contribution in [0.25, 0.3) is 0 Å². The third kappa shape index (κ3) is 2.64. The maximum Gasteiger partial charge on any atom is 0.115 e. The maximum absolute atomic E-state index is 9.22. The van der Waals surface area contributed by atoms with E-state index < -0.39 is 0 Å². The highest BCUT2D eigenvalue weighted by Crippen LogP contribution is 2.30. The molecule has 0 aliphatic carbocycles. The Morgan fingerprint density at radius 3 is 2.40 bits per heavy atom. The first-order valence-corrected chi connectivity index (χ1v) is 5.25. The van der Waals surface area contributed by atoms with Crippen LogP contribution in [-0.4, -0.2) is 11.7 Å². The van der Waals surface area contributed by atoms with E-state index in [1.54, 1.807) is 12.1 Å². The first kappa shape index (κ1) is 12.3. The summed E-state index contributed by atoms with van der Waals surface area (Å²) in [4.78, 5) is 0. The van der Waals surface area contributed by atoms with Gasteiger partial charge in [-0.1, -0.05) is 18.6 Å². The van der Waals surface area contributed by atoms with Crippen LogP contribution < -0.4 is 5.32 Å². The van der Waals surface area contributed by atoms with E-state index in [4.69, 9.17) is 0 Å². The van der Waals surface area contributed by atoms with Gasteiger partial charge in [-0.15, -0.1) is 12.4 Å². The molecule has 0 bridgehead atoms. The lowest BCUT2D eigenvalue weighted by molar-refractivity contribution is 0.283. The average molecular weight is 228 g/mol. The quantitative estimate of drug-likeness (QED) is 0.774. The molecule has 3 heteroatoms. The number of benzene rings is 1. The second-order valence-corrected chi connectivity index (χ2v) is 4.26. The van der Waals surface area contributed by atoms with Gasteiger partial charge in [0.15, 0.2) is 0 Å². The van der Waals surface area contributed by atoms with Gasteiger partial charge in [0.25, 0.3) is 0 Å². The van der Waals surface area contributed by atoms with Crippen molar-refractivity contribution in [3.05, 3.63) is 29.8 Å². The minimum absolute atomic E-state index is 0. The molecule has 15 heavy (non-hydrogen) atoms. The molecule has 1 aliphatic rings. The van der Waals surface area contributed by atoms with Crippen molar-refractivity contribution in [1.29, 1.82) is 0 Å². The van der Waals surface area contributed by atoms with Crippen LogP contribution in [-0.2, 0) is 5.54 Å². The normalized spacial score (nSPS) is 25.7. The monoisotopic (exact) mass is 227 g/mol. The molecule has 1 unspecified atom stereocenters. The fourth-order valence-electron chi connectivity index (χ4n) is 2.13. The van der Waals surface area contributed by atoms with Gasteiger partial charge in [0, 0.05) is 5.54 Å². The summed E-state index contributed by atoms with van der Waals surface area (Å²) in [5, 5.41) is 12.8. The molecule has 1 aromatic rings. The summed E-state index contributed by atoms with van der Waals surface area (Å²) >= 11 is 0. The van der Waals surface area contributed by atoms with E-state index in [-0.39, 0.29) is 17.9 Å². The molecule has 84 valence electrons. The first-order chi connectivity index (χ1) is 6.71. The van der Waals surface area contributed by atoms with E-state index in [2.05, 4.69) is 12.2 Å². The second kappa shape index (κ2) is 4.86. The Morgan fingerprint density at radius 1 is 1.20 bits per heavy atom. The molecule has 1 saturated heterocycles. The molecular formula is C12H18ClNO. The lowest BCUT2D eigenvalue weighted by Crippen LogP contribution is -2.43. The number of phenolic OH excluding ortho intramolecular Hbond substituents is 1. The van der Waals surface area contributed by atoms with E-state index in [9.17, 15) is 5.11 Å². The van der Waals surface area contributed by atoms with Crippen molar-refractivity contribution in [1.82, 2.24) is 5.32 Å². The molecular weight excluding hydrogens is 210 g/mol. The third-order valence-corrected chi connectivity index (χ3v) is 3.12. The van der Waals surface area contributed by atoms with Crippen molar-refractivity contribution in [2.75, 3.05) is 6.54 Å². The van der Waals surface area contributed by atoms with E-state index >= 15 is 0 Å². The molecule has 0 saturated carbocycles. The van der Waals surface area contributed by atoms with Crippen LogP contribution in [0.3, 0.4) is 0 Å². The Kier molecular flexibility index (Phi) is 4.00. The van der Waals surface area contributed by atoms with E-state index in [1.807, 2.05) is 12.1 Å². The highest BCUT2D eigenvalue weighted by molar-refractivity contribution is 5.85. The van der Waals surface area contributed by atoms with Crippen LogP contribution in [0, 0.1) is 0 Å². The van der Waals surface area contributed by atoms with Crippen molar-refractivity contribution >= 4 is 12.4 Å². The summed E-state index contributed by atoms with van der Waals surface area (Å²) in [5.74, 6) is 0.341. The zero-order valence-electron chi connectivity index (χ0n) is 8.99. The summed E-state index contributed by atoms with van der Waals surface area (Å²) in [6.07, 6.45) is 3.73. The summed E-state index contributed by atoms with van der Waals surface area (Å²) in [6, 6.07) is 7.54. The molecule has 2 rings (SSSR count). The summed E-state index contributed by atoms with van der Waals surface area (Å²) in [6.45, 7) is 3.33. The molecule has 0 amide bonds. The Balaban J connectivity index is 0.00000112. The van der Waals surface area contributed by atoms with Gasteiger partial charge >= 0.3 is 0 Å². The molecule has 0 radical (unpaired) electrons. The molecule has 1 aliphatic heterocycles. The minimum atomic E-state index is 0. The lowest BCUT2D eigenvalue weighted by atomic mass is 9.84. The Hall–Kier alpha value is -0.730. The number of nitrogens with one attached hydrogen (secondary N) is 1. The highest BCUT2D eigenvalue weighted by Gasteiger charge is 2.27. The largest absolute Gasteiger partial charge is 0.508 e. The predicted octanol–water partition coefficient (Wildman–Crippen LogP) is 2.80. The molecule has 1 atom stereocenters. The first-order valence-electron chi connectivity index (χ1n) is 5.25. The summed E-state index contributed by atoms with van der Waals surface area (Å²) in [7, 11) is 0. The van der Waals surface area contributed by atoms with Crippen LogP contribution in [0.1, 0.15) is 31.7 Å². The van der Waals surface area contributed by atoms with Gasteiger partial charge in [-0.25, -0.2) is 0 Å². The molecule has 1 fully saturated rings. The number of phenols is 1. The Labute approximate surface area is 97.1 Å². The Bertz CT molecular complexity index is 304. The highest BCUT2D eigenvalue weighted by atomic mass is 35.5. The van der Waals surface area contributed by atoms with Crippen LogP contribution in [0.15, 0.2) is 24.3 Å². The van der Waals surface area contributed by atoms with Crippen molar-refractivity contribution in [3.8, 4) is 5.75 Å². The Morgan fingerprint density at radius 2 is 1.87 bits per heavy atom. The number of piperidine rings is 1. The summed E-state index contributed by atoms with van der Waals surface area (Å²) in [5.41, 5.74) is 1.38. The van der Waals surface area contributed by atoms with Gasteiger partial charge in [-0.3, -0.25) is 0 Å². The van der Waals surface area contributed by atoms with Crippen LogP contribution >= 0.6 is 12.4 Å². The average Bonchev–Trinajstić information content (AvgIpc) is 2.19.